The van der Waals surface area contributed by atoms with E-state index in [-0.39, 0.29) is 102 Å². The van der Waals surface area contributed by atoms with Crippen molar-refractivity contribution in [1.82, 2.24) is 9.13 Å². The highest BCUT2D eigenvalue weighted by Gasteiger charge is 2.42. The van der Waals surface area contributed by atoms with Gasteiger partial charge in [0.15, 0.2) is 0 Å². The molecule has 0 aliphatic carbocycles. The Kier molecular flexibility index (Phi) is 16.0. The van der Waals surface area contributed by atoms with Gasteiger partial charge in [0.1, 0.15) is 11.6 Å². The SMILES string of the molecule is N#Cc1cc(C#N)cc(-c2cc(-n3c4ccc(-c5cc(C(F)(F)F)cc(C(F)(F)F)c5)cc4c4cc(-c5cc(C(F)(F)F)cc(C(F)(F)F)c5)ccc43)c(C#N)c(-n3c4ccc(-c5cc(C(F)(F)F)cc(C(F)(F)F)c5)cc4c4cc(-c5cc(C(F)(F)F)cc(C(F)(F)F)c5)ccc43)c2)c1. The summed E-state index contributed by atoms with van der Waals surface area (Å²) in [6.07, 6.45) is -43.3. The Morgan fingerprint density at radius 2 is 0.410 bits per heavy atom. The minimum Gasteiger partial charge on any atom is -0.308 e. The third kappa shape index (κ3) is 12.8. The second kappa shape index (κ2) is 23.4. The monoisotopic (exact) mass is 1410 g/mol. The van der Waals surface area contributed by atoms with Gasteiger partial charge in [-0.3, -0.25) is 0 Å². The van der Waals surface area contributed by atoms with Crippen molar-refractivity contribution in [3.63, 3.8) is 0 Å². The molecule has 0 fully saturated rings. The standard InChI is InChI=1S/C71H29F24N5/c72-64(73,74)45-12-40(13-46(26-45)65(75,76)77)35-1-5-58-53(20-35)54-21-36(41-14-47(66(78,79)80)27-48(15-41)67(81,82)83)2-6-59(54)99(58)62-24-44(39-10-33(30-96)9-34(11-39)31-97)25-63(57(62)32-98)100-60-7-3-37(42-16-49(68(84,85)86)28-50(17-42)69(87,88)89)22-55(60)56-23-38(4-8-61(56)100)43-18-51(70(90,91)92)29-52(19-43)71(93,94)95/h1-29H. The molecule has 0 aliphatic rings. The Balaban J connectivity index is 1.22. The summed E-state index contributed by atoms with van der Waals surface area (Å²) < 4.78 is 348. The summed E-state index contributed by atoms with van der Waals surface area (Å²) >= 11 is 0. The Labute approximate surface area is 544 Å². The Hall–Kier alpha value is -11.4. The first-order valence-electron chi connectivity index (χ1n) is 28.3. The van der Waals surface area contributed by atoms with Crippen LogP contribution < -0.4 is 0 Å². The van der Waals surface area contributed by atoms with Gasteiger partial charge in [-0.25, -0.2) is 0 Å². The van der Waals surface area contributed by atoms with Crippen LogP contribution in [0.25, 0.3) is 111 Å². The van der Waals surface area contributed by atoms with E-state index >= 15 is 0 Å². The number of hydrogen-bond donors (Lipinski definition) is 0. The van der Waals surface area contributed by atoms with Crippen molar-refractivity contribution >= 4 is 43.6 Å². The lowest BCUT2D eigenvalue weighted by molar-refractivity contribution is -0.144. The molecule has 0 saturated heterocycles. The van der Waals surface area contributed by atoms with Crippen LogP contribution in [0, 0.1) is 34.0 Å². The lowest BCUT2D eigenvalue weighted by Crippen LogP contribution is -2.11. The predicted octanol–water partition coefficient (Wildman–Crippen LogP) is 24.0. The number of nitrogens with zero attached hydrogens (tertiary/aromatic N) is 5. The molecule has 0 atom stereocenters. The van der Waals surface area contributed by atoms with Crippen LogP contribution in [-0.4, -0.2) is 9.13 Å². The fourth-order valence-corrected chi connectivity index (χ4v) is 11.9. The molecule has 2 aromatic heterocycles. The van der Waals surface area contributed by atoms with E-state index in [0.717, 1.165) is 78.9 Å². The first-order valence-corrected chi connectivity index (χ1v) is 28.3. The molecule has 0 spiro atoms. The number of fused-ring (bicyclic) bond motifs is 6. The largest absolute Gasteiger partial charge is 0.416 e. The summed E-state index contributed by atoms with van der Waals surface area (Å²) in [6.45, 7) is 0. The summed E-state index contributed by atoms with van der Waals surface area (Å²) in [4.78, 5) is 0. The highest BCUT2D eigenvalue weighted by Crippen LogP contribution is 2.49. The van der Waals surface area contributed by atoms with E-state index in [1.54, 1.807) is 0 Å². The summed E-state index contributed by atoms with van der Waals surface area (Å²) in [5.41, 5.74) is -21.3. The fraction of sp³-hybridized carbons (Fsp3) is 0.113. The fourth-order valence-electron chi connectivity index (χ4n) is 11.9. The van der Waals surface area contributed by atoms with Crippen LogP contribution in [0.15, 0.2) is 176 Å². The zero-order valence-electron chi connectivity index (χ0n) is 49.1. The summed E-state index contributed by atoms with van der Waals surface area (Å²) in [7, 11) is 0. The number of rotatable bonds is 7. The second-order valence-electron chi connectivity index (χ2n) is 22.8. The topological polar surface area (TPSA) is 81.2 Å². The first kappa shape index (κ1) is 68.5. The van der Waals surface area contributed by atoms with E-state index in [0.29, 0.717) is 48.5 Å². The van der Waals surface area contributed by atoms with Gasteiger partial charge >= 0.3 is 49.4 Å². The van der Waals surface area contributed by atoms with Crippen LogP contribution in [0.4, 0.5) is 105 Å². The van der Waals surface area contributed by atoms with E-state index in [1.807, 2.05) is 18.2 Å². The van der Waals surface area contributed by atoms with Crippen molar-refractivity contribution in [3.05, 3.63) is 237 Å². The van der Waals surface area contributed by atoms with Crippen molar-refractivity contribution in [2.24, 2.45) is 0 Å². The van der Waals surface area contributed by atoms with Crippen molar-refractivity contribution < 1.29 is 105 Å². The molecule has 100 heavy (non-hydrogen) atoms. The third-order valence-corrected chi connectivity index (χ3v) is 16.4. The van der Waals surface area contributed by atoms with Gasteiger partial charge in [-0.1, -0.05) is 24.3 Å². The Morgan fingerprint density at radius 3 is 0.600 bits per heavy atom. The number of halogens is 24. The maximum atomic E-state index is 14.4. The second-order valence-corrected chi connectivity index (χ2v) is 22.8. The Bertz CT molecular complexity index is 4810. The van der Waals surface area contributed by atoms with Gasteiger partial charge in [-0.2, -0.15) is 121 Å². The van der Waals surface area contributed by atoms with E-state index in [1.165, 1.54) is 33.4 Å². The molecule has 0 bridgehead atoms. The number of alkyl halides is 24. The average molecular weight is 1410 g/mol. The van der Waals surface area contributed by atoms with Crippen LogP contribution in [0.5, 0.6) is 0 Å². The molecule has 5 nitrogen and oxygen atoms in total. The summed E-state index contributed by atoms with van der Waals surface area (Å²) in [6, 6.07) is 26.7. The zero-order chi connectivity index (χ0) is 72.7. The normalized spacial score (nSPS) is 13.0. The third-order valence-electron chi connectivity index (χ3n) is 16.4. The van der Waals surface area contributed by atoms with Gasteiger partial charge in [0.25, 0.3) is 0 Å². The highest BCUT2D eigenvalue weighted by atomic mass is 19.4. The molecular formula is C71H29F24N5. The van der Waals surface area contributed by atoms with Crippen molar-refractivity contribution in [2.45, 2.75) is 49.4 Å². The molecule has 2 heterocycles. The maximum absolute atomic E-state index is 14.4. The Morgan fingerprint density at radius 1 is 0.210 bits per heavy atom. The molecule has 506 valence electrons. The zero-order valence-corrected chi connectivity index (χ0v) is 49.1. The lowest BCUT2D eigenvalue weighted by atomic mass is 9.96. The van der Waals surface area contributed by atoms with Crippen LogP contribution in [-0.2, 0) is 49.4 Å². The van der Waals surface area contributed by atoms with Gasteiger partial charge in [0.2, 0.25) is 0 Å². The smallest absolute Gasteiger partial charge is 0.308 e. The number of nitriles is 3. The molecule has 0 aliphatic heterocycles. The quantitative estimate of drug-likeness (QED) is 0.149. The molecule has 12 rings (SSSR count). The van der Waals surface area contributed by atoms with Crippen LogP contribution in [0.3, 0.4) is 0 Å². The van der Waals surface area contributed by atoms with Crippen molar-refractivity contribution in [1.29, 1.82) is 15.8 Å². The molecule has 0 N–H and O–H groups in total. The lowest BCUT2D eigenvalue weighted by Gasteiger charge is -2.19. The van der Waals surface area contributed by atoms with Gasteiger partial charge in [0.05, 0.1) is 101 Å². The van der Waals surface area contributed by atoms with Gasteiger partial charge in [-0.15, -0.1) is 0 Å². The summed E-state index contributed by atoms with van der Waals surface area (Å²) in [5, 5.41) is 31.2. The molecule has 0 saturated carbocycles. The molecule has 0 amide bonds. The van der Waals surface area contributed by atoms with Crippen molar-refractivity contribution in [2.75, 3.05) is 0 Å². The molecule has 10 aromatic carbocycles. The first-order chi connectivity index (χ1) is 46.4. The average Bonchev–Trinajstić information content (AvgIpc) is 1.55. The molecule has 0 unspecified atom stereocenters. The van der Waals surface area contributed by atoms with Gasteiger partial charge < -0.3 is 9.13 Å². The van der Waals surface area contributed by atoms with Crippen molar-refractivity contribution in [3.8, 4) is 85.2 Å². The highest BCUT2D eigenvalue weighted by molar-refractivity contribution is 6.14. The number of aromatic nitrogens is 2. The van der Waals surface area contributed by atoms with Crippen LogP contribution in [0.1, 0.15) is 61.2 Å². The molecule has 29 heteroatoms. The van der Waals surface area contributed by atoms with E-state index in [9.17, 15) is 121 Å². The van der Waals surface area contributed by atoms with Crippen LogP contribution >= 0.6 is 0 Å². The number of benzene rings is 10. The molecular weight excluding hydrogens is 1380 g/mol. The van der Waals surface area contributed by atoms with Gasteiger partial charge in [0, 0.05) is 21.5 Å². The minimum absolute atomic E-state index is 0.0386. The number of hydrogen-bond acceptors (Lipinski definition) is 3. The maximum Gasteiger partial charge on any atom is 0.416 e. The minimum atomic E-state index is -5.41. The van der Waals surface area contributed by atoms with E-state index in [2.05, 4.69) is 0 Å². The van der Waals surface area contributed by atoms with Crippen LogP contribution in [0.2, 0.25) is 0 Å². The van der Waals surface area contributed by atoms with E-state index < -0.39 is 144 Å². The molecule has 0 radical (unpaired) electrons. The summed E-state index contributed by atoms with van der Waals surface area (Å²) in [5.74, 6) is 0. The molecule has 12 aromatic rings. The van der Waals surface area contributed by atoms with Gasteiger partial charge in [-0.05, 0) is 207 Å². The predicted molar refractivity (Wildman–Crippen MR) is 316 cm³/mol. The van der Waals surface area contributed by atoms with E-state index in [4.69, 9.17) is 0 Å².